The summed E-state index contributed by atoms with van der Waals surface area (Å²) in [7, 11) is 0. The van der Waals surface area contributed by atoms with Crippen LogP contribution in [0.5, 0.6) is 0 Å². The number of hydrogen-bond donors (Lipinski definition) is 1. The Labute approximate surface area is 85.1 Å². The molecule has 3 heteroatoms. The first-order valence-corrected chi connectivity index (χ1v) is 5.60. The van der Waals surface area contributed by atoms with Gasteiger partial charge in [-0.15, -0.1) is 0 Å². The lowest BCUT2D eigenvalue weighted by Crippen LogP contribution is -2.48. The van der Waals surface area contributed by atoms with Crippen LogP contribution in [-0.2, 0) is 0 Å². The fourth-order valence-electron chi connectivity index (χ4n) is 2.44. The Balaban J connectivity index is 2.56. The van der Waals surface area contributed by atoms with Crippen LogP contribution in [0.15, 0.2) is 0 Å². The Morgan fingerprint density at radius 3 is 2.00 bits per heavy atom. The molecule has 0 aromatic carbocycles. The highest BCUT2D eigenvalue weighted by atomic mass is 19.3. The highest BCUT2D eigenvalue weighted by molar-refractivity contribution is 4.93. The van der Waals surface area contributed by atoms with Gasteiger partial charge in [0, 0.05) is 18.4 Å². The predicted molar refractivity (Wildman–Crippen MR) is 54.4 cm³/mol. The molecule has 0 heterocycles. The van der Waals surface area contributed by atoms with Gasteiger partial charge < -0.3 is 5.73 Å². The first-order valence-electron chi connectivity index (χ1n) is 5.60. The fraction of sp³-hybridized carbons (Fsp3) is 1.00. The van der Waals surface area contributed by atoms with Crippen LogP contribution >= 0.6 is 0 Å². The molecule has 1 rings (SSSR count). The third-order valence-electron chi connectivity index (χ3n) is 3.85. The molecule has 0 aromatic heterocycles. The number of rotatable bonds is 3. The average Bonchev–Trinajstić information content (AvgIpc) is 2.16. The van der Waals surface area contributed by atoms with Crippen LogP contribution in [0.2, 0.25) is 0 Å². The van der Waals surface area contributed by atoms with Gasteiger partial charge in [-0.2, -0.15) is 0 Å². The highest BCUT2D eigenvalue weighted by Gasteiger charge is 2.41. The van der Waals surface area contributed by atoms with Crippen LogP contribution in [-0.4, -0.2) is 11.5 Å². The zero-order chi connectivity index (χ0) is 10.8. The van der Waals surface area contributed by atoms with E-state index in [0.29, 0.717) is 12.8 Å². The van der Waals surface area contributed by atoms with E-state index in [-0.39, 0.29) is 24.3 Å². The third kappa shape index (κ3) is 2.44. The summed E-state index contributed by atoms with van der Waals surface area (Å²) < 4.78 is 25.9. The number of hydrogen-bond acceptors (Lipinski definition) is 1. The first kappa shape index (κ1) is 11.9. The summed E-state index contributed by atoms with van der Waals surface area (Å²) in [5, 5.41) is 0. The number of halogens is 2. The molecule has 0 aromatic rings. The second-order valence-corrected chi connectivity index (χ2v) is 4.57. The van der Waals surface area contributed by atoms with E-state index >= 15 is 0 Å². The summed E-state index contributed by atoms with van der Waals surface area (Å²) in [6.07, 6.45) is 3.00. The van der Waals surface area contributed by atoms with Gasteiger partial charge >= 0.3 is 0 Å². The van der Waals surface area contributed by atoms with E-state index in [2.05, 4.69) is 13.8 Å². The van der Waals surface area contributed by atoms with Gasteiger partial charge in [-0.05, 0) is 31.6 Å². The highest BCUT2D eigenvalue weighted by Crippen LogP contribution is 2.41. The molecule has 14 heavy (non-hydrogen) atoms. The van der Waals surface area contributed by atoms with Gasteiger partial charge in [-0.25, -0.2) is 8.78 Å². The minimum absolute atomic E-state index is 0.0244. The van der Waals surface area contributed by atoms with Crippen molar-refractivity contribution in [3.05, 3.63) is 0 Å². The Kier molecular flexibility index (Phi) is 3.51. The molecule has 2 N–H and O–H groups in total. The maximum absolute atomic E-state index is 12.9. The van der Waals surface area contributed by atoms with E-state index < -0.39 is 5.92 Å². The van der Waals surface area contributed by atoms with Crippen LogP contribution in [0.3, 0.4) is 0 Å². The largest absolute Gasteiger partial charge is 0.325 e. The molecule has 1 nitrogen and oxygen atoms in total. The van der Waals surface area contributed by atoms with Crippen molar-refractivity contribution in [1.82, 2.24) is 0 Å². The SMILES string of the molecule is CCC(N)(CC)C1CCC(F)(F)CC1. The fourth-order valence-corrected chi connectivity index (χ4v) is 2.44. The van der Waals surface area contributed by atoms with Crippen molar-refractivity contribution < 1.29 is 8.78 Å². The molecule has 0 bridgehead atoms. The maximum atomic E-state index is 12.9. The number of alkyl halides is 2. The first-order chi connectivity index (χ1) is 6.43. The Hall–Kier alpha value is -0.180. The van der Waals surface area contributed by atoms with Crippen molar-refractivity contribution in [3.63, 3.8) is 0 Å². The van der Waals surface area contributed by atoms with Crippen LogP contribution in [0.1, 0.15) is 52.4 Å². The minimum atomic E-state index is -2.43. The molecule has 1 aliphatic carbocycles. The Morgan fingerprint density at radius 2 is 1.64 bits per heavy atom. The summed E-state index contributed by atoms with van der Waals surface area (Å²) >= 11 is 0. The zero-order valence-corrected chi connectivity index (χ0v) is 9.15. The Morgan fingerprint density at radius 1 is 1.21 bits per heavy atom. The molecular weight excluding hydrogens is 184 g/mol. The summed E-state index contributed by atoms with van der Waals surface area (Å²) in [4.78, 5) is 0. The summed E-state index contributed by atoms with van der Waals surface area (Å²) in [5.74, 6) is -2.14. The van der Waals surface area contributed by atoms with E-state index in [4.69, 9.17) is 5.73 Å². The Bertz CT molecular complexity index is 178. The predicted octanol–water partition coefficient (Wildman–Crippen LogP) is 3.33. The van der Waals surface area contributed by atoms with Crippen LogP contribution in [0.25, 0.3) is 0 Å². The molecule has 0 spiro atoms. The third-order valence-corrected chi connectivity index (χ3v) is 3.85. The molecule has 0 radical (unpaired) electrons. The maximum Gasteiger partial charge on any atom is 0.248 e. The summed E-state index contributed by atoms with van der Waals surface area (Å²) in [5.41, 5.74) is 6.00. The minimum Gasteiger partial charge on any atom is -0.325 e. The van der Waals surface area contributed by atoms with E-state index in [0.717, 1.165) is 12.8 Å². The molecule has 0 amide bonds. The molecule has 1 saturated carbocycles. The van der Waals surface area contributed by atoms with Gasteiger partial charge in [0.2, 0.25) is 5.92 Å². The molecular formula is C11H21F2N. The molecule has 0 unspecified atom stereocenters. The quantitative estimate of drug-likeness (QED) is 0.751. The zero-order valence-electron chi connectivity index (χ0n) is 9.15. The van der Waals surface area contributed by atoms with E-state index in [1.807, 2.05) is 0 Å². The lowest BCUT2D eigenvalue weighted by molar-refractivity contribution is -0.0552. The normalized spacial score (nSPS) is 23.8. The average molecular weight is 205 g/mol. The van der Waals surface area contributed by atoms with E-state index in [1.165, 1.54) is 0 Å². The van der Waals surface area contributed by atoms with Gasteiger partial charge in [0.25, 0.3) is 0 Å². The van der Waals surface area contributed by atoms with Crippen molar-refractivity contribution in [2.45, 2.75) is 63.8 Å². The second kappa shape index (κ2) is 4.13. The monoisotopic (exact) mass is 205 g/mol. The summed E-state index contributed by atoms with van der Waals surface area (Å²) in [6, 6.07) is 0. The van der Waals surface area contributed by atoms with E-state index in [1.54, 1.807) is 0 Å². The van der Waals surface area contributed by atoms with Gasteiger partial charge in [-0.1, -0.05) is 13.8 Å². The molecule has 0 saturated heterocycles. The molecule has 0 atom stereocenters. The number of nitrogens with two attached hydrogens (primary N) is 1. The van der Waals surface area contributed by atoms with Crippen molar-refractivity contribution >= 4 is 0 Å². The van der Waals surface area contributed by atoms with Gasteiger partial charge in [0.1, 0.15) is 0 Å². The smallest absolute Gasteiger partial charge is 0.248 e. The van der Waals surface area contributed by atoms with Gasteiger partial charge in [-0.3, -0.25) is 0 Å². The van der Waals surface area contributed by atoms with Crippen molar-refractivity contribution in [1.29, 1.82) is 0 Å². The van der Waals surface area contributed by atoms with Crippen molar-refractivity contribution in [2.24, 2.45) is 11.7 Å². The van der Waals surface area contributed by atoms with Crippen molar-refractivity contribution in [2.75, 3.05) is 0 Å². The van der Waals surface area contributed by atoms with Crippen LogP contribution < -0.4 is 5.73 Å². The van der Waals surface area contributed by atoms with Crippen molar-refractivity contribution in [3.8, 4) is 0 Å². The molecule has 0 aliphatic heterocycles. The molecule has 1 fully saturated rings. The van der Waals surface area contributed by atoms with E-state index in [9.17, 15) is 8.78 Å². The molecule has 84 valence electrons. The lowest BCUT2D eigenvalue weighted by atomic mass is 9.71. The second-order valence-electron chi connectivity index (χ2n) is 4.57. The van der Waals surface area contributed by atoms with Gasteiger partial charge in [0.15, 0.2) is 0 Å². The molecule has 1 aliphatic rings. The topological polar surface area (TPSA) is 26.0 Å². The standard InChI is InChI=1S/C11H21F2N/c1-3-10(14,4-2)9-5-7-11(12,13)8-6-9/h9H,3-8,14H2,1-2H3. The van der Waals surface area contributed by atoms with Crippen LogP contribution in [0, 0.1) is 5.92 Å². The van der Waals surface area contributed by atoms with Crippen LogP contribution in [0.4, 0.5) is 8.78 Å². The summed E-state index contributed by atoms with van der Waals surface area (Å²) in [6.45, 7) is 4.10. The lowest BCUT2D eigenvalue weighted by Gasteiger charge is -2.40. The van der Waals surface area contributed by atoms with Gasteiger partial charge in [0.05, 0.1) is 0 Å².